The molecule has 0 radical (unpaired) electrons. The zero-order valence-corrected chi connectivity index (χ0v) is 18.7. The van der Waals surface area contributed by atoms with Crippen LogP contribution in [-0.2, 0) is 16.0 Å². The number of rotatable bonds is 9. The van der Waals surface area contributed by atoms with Gasteiger partial charge in [0.1, 0.15) is 17.2 Å². The van der Waals surface area contributed by atoms with E-state index in [9.17, 15) is 9.59 Å². The van der Waals surface area contributed by atoms with E-state index in [1.165, 1.54) is 30.5 Å². The molecular weight excluding hydrogens is 424 g/mol. The minimum atomic E-state index is -0.987. The van der Waals surface area contributed by atoms with Gasteiger partial charge in [0.05, 0.1) is 14.2 Å². The van der Waals surface area contributed by atoms with Crippen molar-refractivity contribution >= 4 is 28.8 Å². The summed E-state index contributed by atoms with van der Waals surface area (Å²) >= 11 is 1.36. The molecule has 1 aromatic heterocycles. The average Bonchev–Trinajstić information content (AvgIpc) is 3.36. The van der Waals surface area contributed by atoms with Gasteiger partial charge in [0.2, 0.25) is 5.91 Å². The fourth-order valence-electron chi connectivity index (χ4n) is 3.38. The maximum Gasteiger partial charge on any atom is 0.303 e. The number of benzene rings is 2. The highest BCUT2D eigenvalue weighted by Crippen LogP contribution is 2.42. The van der Waals surface area contributed by atoms with Gasteiger partial charge in [-0.15, -0.1) is 17.8 Å². The molecule has 0 fully saturated rings. The molecule has 3 rings (SSSR count). The Kier molecular flexibility index (Phi) is 7.90. The second kappa shape index (κ2) is 11.0. The van der Waals surface area contributed by atoms with Crippen LogP contribution < -0.4 is 19.7 Å². The van der Waals surface area contributed by atoms with E-state index in [-0.39, 0.29) is 5.91 Å². The first kappa shape index (κ1) is 22.9. The van der Waals surface area contributed by atoms with Gasteiger partial charge in [0.15, 0.2) is 6.04 Å². The molecule has 0 spiro atoms. The predicted molar refractivity (Wildman–Crippen MR) is 126 cm³/mol. The van der Waals surface area contributed by atoms with Crippen molar-refractivity contribution in [3.05, 3.63) is 76.5 Å². The summed E-state index contributed by atoms with van der Waals surface area (Å²) in [5.41, 5.74) is 1.40. The van der Waals surface area contributed by atoms with Crippen LogP contribution in [-0.4, -0.2) is 32.6 Å². The minimum Gasteiger partial charge on any atom is -0.494 e. The lowest BCUT2D eigenvalue weighted by Gasteiger charge is -2.31. The van der Waals surface area contributed by atoms with Crippen LogP contribution in [0.2, 0.25) is 0 Å². The van der Waals surface area contributed by atoms with Crippen LogP contribution in [0, 0.1) is 12.3 Å². The van der Waals surface area contributed by atoms with Gasteiger partial charge >= 0.3 is 5.91 Å². The predicted octanol–water partition coefficient (Wildman–Crippen LogP) is 3.83. The molecule has 1 atom stereocenters. The van der Waals surface area contributed by atoms with Gasteiger partial charge in [-0.1, -0.05) is 42.5 Å². The lowest BCUT2D eigenvalue weighted by atomic mass is 10.1. The molecule has 2 amide bonds. The van der Waals surface area contributed by atoms with Gasteiger partial charge < -0.3 is 14.8 Å². The molecule has 2 aromatic carbocycles. The van der Waals surface area contributed by atoms with Crippen molar-refractivity contribution in [2.75, 3.05) is 25.7 Å². The molecule has 0 saturated heterocycles. The molecule has 0 aliphatic rings. The van der Waals surface area contributed by atoms with Crippen molar-refractivity contribution in [2.45, 2.75) is 12.5 Å². The standard InChI is InChI=1S/C25H24N2O4S/c1-4-22(28)27(23-19(30-2)12-8-13-20(23)31-3)24(21-14-9-17-32-21)25(29)26-16-15-18-10-6-5-7-11-18/h1,5-14,17,24H,15-16H2,2-3H3,(H,26,29). The van der Waals surface area contributed by atoms with Crippen LogP contribution >= 0.6 is 11.3 Å². The third-order valence-electron chi connectivity index (χ3n) is 4.86. The molecule has 1 unspecified atom stereocenters. The Bertz CT molecular complexity index is 1070. The van der Waals surface area contributed by atoms with E-state index in [0.717, 1.165) is 5.56 Å². The number of terminal acetylenes is 1. The summed E-state index contributed by atoms with van der Waals surface area (Å²) in [5, 5.41) is 4.79. The van der Waals surface area contributed by atoms with E-state index in [4.69, 9.17) is 15.9 Å². The summed E-state index contributed by atoms with van der Waals surface area (Å²) in [6.07, 6.45) is 6.17. The van der Waals surface area contributed by atoms with Crippen molar-refractivity contribution in [1.82, 2.24) is 5.32 Å². The lowest BCUT2D eigenvalue weighted by molar-refractivity contribution is -0.125. The largest absolute Gasteiger partial charge is 0.494 e. The summed E-state index contributed by atoms with van der Waals surface area (Å²) in [7, 11) is 2.97. The second-order valence-corrected chi connectivity index (χ2v) is 7.75. The Morgan fingerprint density at radius 3 is 2.28 bits per heavy atom. The Morgan fingerprint density at radius 2 is 1.72 bits per heavy atom. The summed E-state index contributed by atoms with van der Waals surface area (Å²) < 4.78 is 11.0. The Balaban J connectivity index is 1.99. The van der Waals surface area contributed by atoms with Crippen molar-refractivity contribution in [2.24, 2.45) is 0 Å². The number of nitrogens with zero attached hydrogens (tertiary/aromatic N) is 1. The normalized spacial score (nSPS) is 11.2. The van der Waals surface area contributed by atoms with Crippen LogP contribution in [0.25, 0.3) is 0 Å². The third-order valence-corrected chi connectivity index (χ3v) is 5.78. The number of anilines is 1. The van der Waals surface area contributed by atoms with Gasteiger partial charge in [-0.05, 0) is 41.5 Å². The Hall–Kier alpha value is -3.76. The molecule has 7 heteroatoms. The van der Waals surface area contributed by atoms with Crippen molar-refractivity contribution in [3.63, 3.8) is 0 Å². The molecule has 0 bridgehead atoms. The topological polar surface area (TPSA) is 67.9 Å². The van der Waals surface area contributed by atoms with E-state index in [0.29, 0.717) is 35.0 Å². The van der Waals surface area contributed by atoms with Crippen LogP contribution in [0.1, 0.15) is 16.5 Å². The van der Waals surface area contributed by atoms with Crippen LogP contribution in [0.15, 0.2) is 66.0 Å². The summed E-state index contributed by atoms with van der Waals surface area (Å²) in [6.45, 7) is 0.409. The fraction of sp³-hybridized carbons (Fsp3) is 0.200. The van der Waals surface area contributed by atoms with E-state index >= 15 is 0 Å². The summed E-state index contributed by atoms with van der Waals surface area (Å²) in [5.74, 6) is 1.86. The molecule has 1 heterocycles. The first-order valence-corrected chi connectivity index (χ1v) is 10.8. The highest BCUT2D eigenvalue weighted by Gasteiger charge is 2.36. The van der Waals surface area contributed by atoms with E-state index in [1.54, 1.807) is 24.3 Å². The molecule has 0 aliphatic heterocycles. The molecular formula is C25H24N2O4S. The molecule has 0 aliphatic carbocycles. The van der Waals surface area contributed by atoms with Crippen molar-refractivity contribution in [1.29, 1.82) is 0 Å². The third kappa shape index (κ3) is 5.10. The number of carbonyl (C=O) groups is 2. The van der Waals surface area contributed by atoms with Crippen LogP contribution in [0.4, 0.5) is 5.69 Å². The highest BCUT2D eigenvalue weighted by molar-refractivity contribution is 7.10. The van der Waals surface area contributed by atoms with Crippen molar-refractivity contribution < 1.29 is 19.1 Å². The maximum absolute atomic E-state index is 13.4. The number of carbonyl (C=O) groups excluding carboxylic acids is 2. The average molecular weight is 449 g/mol. The van der Waals surface area contributed by atoms with Gasteiger partial charge in [0.25, 0.3) is 0 Å². The number of para-hydroxylation sites is 1. The Labute approximate surface area is 191 Å². The monoisotopic (exact) mass is 448 g/mol. The second-order valence-electron chi connectivity index (χ2n) is 6.78. The number of ether oxygens (including phenoxy) is 2. The minimum absolute atomic E-state index is 0.303. The smallest absolute Gasteiger partial charge is 0.303 e. The van der Waals surface area contributed by atoms with Crippen LogP contribution in [0.5, 0.6) is 11.5 Å². The van der Waals surface area contributed by atoms with Gasteiger partial charge in [0, 0.05) is 11.4 Å². The molecule has 164 valence electrons. The maximum atomic E-state index is 13.4. The lowest BCUT2D eigenvalue weighted by Crippen LogP contribution is -2.44. The van der Waals surface area contributed by atoms with E-state index < -0.39 is 11.9 Å². The van der Waals surface area contributed by atoms with Gasteiger partial charge in [-0.3, -0.25) is 14.5 Å². The molecule has 0 saturated carbocycles. The highest BCUT2D eigenvalue weighted by atomic mass is 32.1. The van der Waals surface area contributed by atoms with Crippen molar-refractivity contribution in [3.8, 4) is 23.8 Å². The number of amides is 2. The number of hydrogen-bond acceptors (Lipinski definition) is 5. The van der Waals surface area contributed by atoms with Gasteiger partial charge in [-0.25, -0.2) is 0 Å². The van der Waals surface area contributed by atoms with Crippen LogP contribution in [0.3, 0.4) is 0 Å². The SMILES string of the molecule is C#CC(=O)N(c1c(OC)cccc1OC)C(C(=O)NCCc1ccccc1)c1cccs1. The number of nitrogens with one attached hydrogen (secondary N) is 1. The molecule has 1 N–H and O–H groups in total. The first-order valence-electron chi connectivity index (χ1n) is 9.96. The molecule has 6 nitrogen and oxygen atoms in total. The molecule has 32 heavy (non-hydrogen) atoms. The first-order chi connectivity index (χ1) is 15.6. The Morgan fingerprint density at radius 1 is 1.03 bits per heavy atom. The zero-order valence-electron chi connectivity index (χ0n) is 17.9. The number of thiophene rings is 1. The van der Waals surface area contributed by atoms with Gasteiger partial charge in [-0.2, -0.15) is 0 Å². The van der Waals surface area contributed by atoms with E-state index in [2.05, 4.69) is 11.2 Å². The zero-order chi connectivity index (χ0) is 22.9. The molecule has 3 aromatic rings. The number of hydrogen-bond donors (Lipinski definition) is 1. The fourth-order valence-corrected chi connectivity index (χ4v) is 4.19. The van der Waals surface area contributed by atoms with E-state index in [1.807, 2.05) is 41.8 Å². The number of methoxy groups -OCH3 is 2. The quantitative estimate of drug-likeness (QED) is 0.505. The summed E-state index contributed by atoms with van der Waals surface area (Å²) in [6, 6.07) is 17.6. The summed E-state index contributed by atoms with van der Waals surface area (Å²) in [4.78, 5) is 28.3.